The summed E-state index contributed by atoms with van der Waals surface area (Å²) in [4.78, 5) is 13.2. The van der Waals surface area contributed by atoms with Gasteiger partial charge in [-0.25, -0.2) is 0 Å². The molecule has 4 aromatic rings. The lowest BCUT2D eigenvalue weighted by Gasteiger charge is -2.10. The Morgan fingerprint density at radius 2 is 1.92 bits per heavy atom. The molecule has 0 atom stereocenters. The van der Waals surface area contributed by atoms with Crippen molar-refractivity contribution in [3.63, 3.8) is 0 Å². The summed E-state index contributed by atoms with van der Waals surface area (Å²) in [5.41, 5.74) is 3.91. The smallest absolute Gasteiger partial charge is 0.226 e. The van der Waals surface area contributed by atoms with Crippen LogP contribution in [0.1, 0.15) is 11.1 Å². The van der Waals surface area contributed by atoms with Gasteiger partial charge < -0.3 is 10.6 Å². The number of aryl methyl sites for hydroxylation is 1. The van der Waals surface area contributed by atoms with E-state index in [0.29, 0.717) is 24.0 Å². The number of hydrogen-bond acceptors (Lipinski definition) is 6. The molecule has 0 saturated carbocycles. The van der Waals surface area contributed by atoms with E-state index in [1.807, 2.05) is 30.5 Å². The highest BCUT2D eigenvalue weighted by Crippen LogP contribution is 2.24. The molecule has 25 heavy (non-hydrogen) atoms. The van der Waals surface area contributed by atoms with Gasteiger partial charge in [0.05, 0.1) is 11.6 Å². The van der Waals surface area contributed by atoms with Crippen LogP contribution < -0.4 is 10.6 Å². The van der Waals surface area contributed by atoms with Crippen LogP contribution in [0, 0.1) is 6.92 Å². The summed E-state index contributed by atoms with van der Waals surface area (Å²) >= 11 is 0. The van der Waals surface area contributed by atoms with E-state index in [4.69, 9.17) is 0 Å². The highest BCUT2D eigenvalue weighted by Gasteiger charge is 2.10. The summed E-state index contributed by atoms with van der Waals surface area (Å²) in [6, 6.07) is 12.0. The van der Waals surface area contributed by atoms with E-state index in [2.05, 4.69) is 54.8 Å². The SMILES string of the molecule is Cc1ccc(Nc2nc(NCc3cccnc3)nc3[nH]ncc23)cc1. The van der Waals surface area contributed by atoms with Gasteiger partial charge in [0.25, 0.3) is 0 Å². The maximum absolute atomic E-state index is 4.59. The third-order valence-corrected chi connectivity index (χ3v) is 3.80. The lowest BCUT2D eigenvalue weighted by atomic mass is 10.2. The number of aromatic nitrogens is 5. The fourth-order valence-electron chi connectivity index (χ4n) is 2.47. The van der Waals surface area contributed by atoms with Crippen LogP contribution in [0.4, 0.5) is 17.5 Å². The molecule has 124 valence electrons. The van der Waals surface area contributed by atoms with Crippen LogP contribution in [0.3, 0.4) is 0 Å². The van der Waals surface area contributed by atoms with Gasteiger partial charge in [-0.15, -0.1) is 0 Å². The van der Waals surface area contributed by atoms with Gasteiger partial charge >= 0.3 is 0 Å². The van der Waals surface area contributed by atoms with E-state index in [1.54, 1.807) is 12.4 Å². The zero-order valence-electron chi connectivity index (χ0n) is 13.7. The minimum absolute atomic E-state index is 0.523. The second-order valence-electron chi connectivity index (χ2n) is 5.73. The predicted octanol–water partition coefficient (Wildman–Crippen LogP) is 3.41. The number of pyridine rings is 1. The molecule has 0 fully saturated rings. The Balaban J connectivity index is 1.61. The Morgan fingerprint density at radius 1 is 1.04 bits per heavy atom. The second-order valence-corrected chi connectivity index (χ2v) is 5.73. The van der Waals surface area contributed by atoms with Gasteiger partial charge in [-0.3, -0.25) is 10.1 Å². The number of aromatic amines is 1. The Hall–Kier alpha value is -3.48. The lowest BCUT2D eigenvalue weighted by molar-refractivity contribution is 1.04. The molecule has 0 amide bonds. The first-order valence-corrected chi connectivity index (χ1v) is 7.95. The number of nitrogens with zero attached hydrogens (tertiary/aromatic N) is 4. The van der Waals surface area contributed by atoms with Crippen molar-refractivity contribution < 1.29 is 0 Å². The van der Waals surface area contributed by atoms with E-state index in [9.17, 15) is 0 Å². The number of rotatable bonds is 5. The normalized spacial score (nSPS) is 10.8. The van der Waals surface area contributed by atoms with Gasteiger partial charge in [-0.05, 0) is 30.7 Å². The second kappa shape index (κ2) is 6.56. The van der Waals surface area contributed by atoms with E-state index >= 15 is 0 Å². The van der Waals surface area contributed by atoms with E-state index in [0.717, 1.165) is 16.6 Å². The maximum atomic E-state index is 4.59. The number of H-pyrrole nitrogens is 1. The average molecular weight is 331 g/mol. The molecule has 0 radical (unpaired) electrons. The minimum Gasteiger partial charge on any atom is -0.350 e. The van der Waals surface area contributed by atoms with Crippen LogP contribution in [-0.4, -0.2) is 25.1 Å². The van der Waals surface area contributed by atoms with Gasteiger partial charge in [-0.2, -0.15) is 15.1 Å². The van der Waals surface area contributed by atoms with Gasteiger partial charge in [0.15, 0.2) is 5.65 Å². The summed E-state index contributed by atoms with van der Waals surface area (Å²) < 4.78 is 0. The topological polar surface area (TPSA) is 91.4 Å². The van der Waals surface area contributed by atoms with Crippen molar-refractivity contribution in [3.05, 3.63) is 66.1 Å². The van der Waals surface area contributed by atoms with Crippen molar-refractivity contribution in [1.82, 2.24) is 25.1 Å². The average Bonchev–Trinajstić information content (AvgIpc) is 3.12. The summed E-state index contributed by atoms with van der Waals surface area (Å²) in [5, 5.41) is 14.4. The quantitative estimate of drug-likeness (QED) is 0.519. The van der Waals surface area contributed by atoms with Crippen molar-refractivity contribution in [1.29, 1.82) is 0 Å². The van der Waals surface area contributed by atoms with Gasteiger partial charge in [0.1, 0.15) is 5.82 Å². The maximum Gasteiger partial charge on any atom is 0.226 e. The Morgan fingerprint density at radius 3 is 2.72 bits per heavy atom. The Kier molecular flexibility index (Phi) is 3.96. The largest absolute Gasteiger partial charge is 0.350 e. The van der Waals surface area contributed by atoms with Crippen LogP contribution in [0.25, 0.3) is 11.0 Å². The molecule has 7 heteroatoms. The Labute approximate surface area is 144 Å². The molecule has 7 nitrogen and oxygen atoms in total. The first kappa shape index (κ1) is 15.1. The molecule has 0 unspecified atom stereocenters. The fraction of sp³-hybridized carbons (Fsp3) is 0.111. The van der Waals surface area contributed by atoms with Crippen molar-refractivity contribution in [2.75, 3.05) is 10.6 Å². The predicted molar refractivity (Wildman–Crippen MR) is 97.7 cm³/mol. The number of fused-ring (bicyclic) bond motifs is 1. The molecular weight excluding hydrogens is 314 g/mol. The van der Waals surface area contributed by atoms with Crippen molar-refractivity contribution in [2.24, 2.45) is 0 Å². The number of nitrogens with one attached hydrogen (secondary N) is 3. The van der Waals surface area contributed by atoms with E-state index < -0.39 is 0 Å². The van der Waals surface area contributed by atoms with E-state index in [1.165, 1.54) is 5.56 Å². The molecule has 0 aliphatic heterocycles. The summed E-state index contributed by atoms with van der Waals surface area (Å²) in [7, 11) is 0. The van der Waals surface area contributed by atoms with Crippen molar-refractivity contribution >= 4 is 28.5 Å². The van der Waals surface area contributed by atoms with Crippen LogP contribution in [-0.2, 0) is 6.54 Å². The molecule has 0 saturated heterocycles. The fourth-order valence-corrected chi connectivity index (χ4v) is 2.47. The molecule has 0 aliphatic rings. The molecule has 3 heterocycles. The van der Waals surface area contributed by atoms with Crippen LogP contribution >= 0.6 is 0 Å². The van der Waals surface area contributed by atoms with Crippen LogP contribution in [0.5, 0.6) is 0 Å². The third kappa shape index (κ3) is 3.40. The lowest BCUT2D eigenvalue weighted by Crippen LogP contribution is -2.06. The molecule has 3 N–H and O–H groups in total. The summed E-state index contributed by atoms with van der Waals surface area (Å²) in [5.74, 6) is 1.23. The van der Waals surface area contributed by atoms with Gasteiger partial charge in [-0.1, -0.05) is 23.8 Å². The van der Waals surface area contributed by atoms with Gasteiger partial charge in [0, 0.05) is 24.6 Å². The number of hydrogen-bond donors (Lipinski definition) is 3. The monoisotopic (exact) mass is 331 g/mol. The van der Waals surface area contributed by atoms with E-state index in [-0.39, 0.29) is 0 Å². The first-order chi connectivity index (χ1) is 12.3. The van der Waals surface area contributed by atoms with Crippen LogP contribution in [0.15, 0.2) is 55.0 Å². The molecule has 0 spiro atoms. The highest BCUT2D eigenvalue weighted by atomic mass is 15.2. The third-order valence-electron chi connectivity index (χ3n) is 3.80. The molecule has 4 rings (SSSR count). The summed E-state index contributed by atoms with van der Waals surface area (Å²) in [6.07, 6.45) is 5.28. The molecule has 1 aromatic carbocycles. The molecular formula is C18H17N7. The van der Waals surface area contributed by atoms with Crippen LogP contribution in [0.2, 0.25) is 0 Å². The zero-order chi connectivity index (χ0) is 17.1. The minimum atomic E-state index is 0.523. The Bertz CT molecular complexity index is 977. The molecule has 0 aliphatic carbocycles. The standard InChI is InChI=1S/C18H17N7/c1-12-4-6-14(7-5-12)22-16-15-11-21-25-17(15)24-18(23-16)20-10-13-3-2-8-19-9-13/h2-9,11H,10H2,1H3,(H3,20,21,22,23,24,25). The number of anilines is 3. The molecule has 3 aromatic heterocycles. The van der Waals surface area contributed by atoms with Crippen molar-refractivity contribution in [3.8, 4) is 0 Å². The van der Waals surface area contributed by atoms with Crippen molar-refractivity contribution in [2.45, 2.75) is 13.5 Å². The summed E-state index contributed by atoms with van der Waals surface area (Å²) in [6.45, 7) is 2.65. The molecule has 0 bridgehead atoms. The zero-order valence-corrected chi connectivity index (χ0v) is 13.7. The highest BCUT2D eigenvalue weighted by molar-refractivity contribution is 5.89. The van der Waals surface area contributed by atoms with Gasteiger partial charge in [0.2, 0.25) is 5.95 Å². The first-order valence-electron chi connectivity index (χ1n) is 7.95. The number of benzene rings is 1.